The smallest absolute Gasteiger partial charge is 0.456 e. The first-order valence-electron chi connectivity index (χ1n) is 11.7. The zero-order valence-electron chi connectivity index (χ0n) is 21.3. The van der Waals surface area contributed by atoms with Gasteiger partial charge < -0.3 is 18.9 Å². The zero-order valence-corrected chi connectivity index (χ0v) is 21.3. The molecule has 1 aliphatic rings. The Labute approximate surface area is 214 Å². The fourth-order valence-corrected chi connectivity index (χ4v) is 3.32. The van der Waals surface area contributed by atoms with Crippen molar-refractivity contribution >= 4 is 23.9 Å². The summed E-state index contributed by atoms with van der Waals surface area (Å²) in [6, 6.07) is 0. The summed E-state index contributed by atoms with van der Waals surface area (Å²) in [5.41, 5.74) is -0.816. The molecule has 8 nitrogen and oxygen atoms in total. The van der Waals surface area contributed by atoms with E-state index in [0.717, 1.165) is 0 Å². The molecule has 220 valence electrons. The van der Waals surface area contributed by atoms with Crippen LogP contribution >= 0.6 is 0 Å². The molecule has 0 saturated heterocycles. The van der Waals surface area contributed by atoms with Gasteiger partial charge in [0.05, 0.1) is 23.2 Å². The Balaban J connectivity index is 2.91. The quantitative estimate of drug-likeness (QED) is 0.147. The Morgan fingerprint density at radius 3 is 1.76 bits per heavy atom. The lowest BCUT2D eigenvalue weighted by Gasteiger charge is -2.33. The average molecular weight is 568 g/mol. The predicted molar refractivity (Wildman–Crippen MR) is 114 cm³/mol. The molecular formula is C23H31F7O8. The highest BCUT2D eigenvalue weighted by molar-refractivity contribution is 5.84. The van der Waals surface area contributed by atoms with Crippen molar-refractivity contribution in [1.82, 2.24) is 0 Å². The van der Waals surface area contributed by atoms with Gasteiger partial charge in [0.1, 0.15) is 13.2 Å². The van der Waals surface area contributed by atoms with Crippen molar-refractivity contribution in [2.24, 2.45) is 23.2 Å². The lowest BCUT2D eigenvalue weighted by atomic mass is 9.74. The standard InChI is InChI=1S/C23H31F7O8/c1-5-20(2,3)19(34)36-9-8-35-18(33)15-10-13(16(31)37-11-21(4,24)25)6-7-14(15)17(32)38-12-22(26,27)23(28,29)30/h13-15H,5-12H2,1-4H3. The summed E-state index contributed by atoms with van der Waals surface area (Å²) in [5, 5.41) is 0. The van der Waals surface area contributed by atoms with E-state index in [4.69, 9.17) is 9.47 Å². The molecular weight excluding hydrogens is 537 g/mol. The second kappa shape index (κ2) is 13.0. The molecule has 0 spiro atoms. The zero-order chi connectivity index (χ0) is 29.5. The van der Waals surface area contributed by atoms with Crippen molar-refractivity contribution in [3.8, 4) is 0 Å². The number of alkyl halides is 7. The maximum absolute atomic E-state index is 13.2. The number of halogens is 7. The summed E-state index contributed by atoms with van der Waals surface area (Å²) in [5.74, 6) is -17.4. The van der Waals surface area contributed by atoms with E-state index in [0.29, 0.717) is 13.3 Å². The van der Waals surface area contributed by atoms with E-state index in [1.807, 2.05) is 0 Å². The molecule has 3 unspecified atom stereocenters. The Morgan fingerprint density at radius 2 is 1.24 bits per heavy atom. The molecule has 0 amide bonds. The van der Waals surface area contributed by atoms with Gasteiger partial charge in [-0.25, -0.2) is 8.78 Å². The van der Waals surface area contributed by atoms with Crippen LogP contribution in [0.25, 0.3) is 0 Å². The number of rotatable bonds is 12. The van der Waals surface area contributed by atoms with Crippen LogP contribution in [0.15, 0.2) is 0 Å². The largest absolute Gasteiger partial charge is 0.462 e. The Kier molecular flexibility index (Phi) is 11.4. The van der Waals surface area contributed by atoms with Crippen LogP contribution in [0.1, 0.15) is 53.4 Å². The van der Waals surface area contributed by atoms with Crippen LogP contribution in [-0.4, -0.2) is 68.3 Å². The van der Waals surface area contributed by atoms with E-state index in [1.54, 1.807) is 20.8 Å². The first-order valence-corrected chi connectivity index (χ1v) is 11.7. The van der Waals surface area contributed by atoms with E-state index in [1.165, 1.54) is 0 Å². The highest BCUT2D eigenvalue weighted by Crippen LogP contribution is 2.39. The summed E-state index contributed by atoms with van der Waals surface area (Å²) < 4.78 is 108. The monoisotopic (exact) mass is 568 g/mol. The molecule has 15 heteroatoms. The molecule has 0 aromatic heterocycles. The molecule has 1 saturated carbocycles. The first kappa shape index (κ1) is 33.4. The van der Waals surface area contributed by atoms with Crippen molar-refractivity contribution in [1.29, 1.82) is 0 Å². The maximum atomic E-state index is 13.2. The first-order chi connectivity index (χ1) is 17.2. The van der Waals surface area contributed by atoms with Gasteiger partial charge in [-0.2, -0.15) is 22.0 Å². The summed E-state index contributed by atoms with van der Waals surface area (Å²) in [4.78, 5) is 49.2. The Bertz CT molecular complexity index is 852. The maximum Gasteiger partial charge on any atom is 0.456 e. The number of hydrogen-bond donors (Lipinski definition) is 0. The topological polar surface area (TPSA) is 105 Å². The summed E-state index contributed by atoms with van der Waals surface area (Å²) in [6.45, 7) is 1.03. The van der Waals surface area contributed by atoms with Crippen molar-refractivity contribution < 1.29 is 68.9 Å². The van der Waals surface area contributed by atoms with Gasteiger partial charge >= 0.3 is 36.0 Å². The molecule has 0 aromatic carbocycles. The summed E-state index contributed by atoms with van der Waals surface area (Å²) in [7, 11) is 0. The van der Waals surface area contributed by atoms with Crippen molar-refractivity contribution in [3.63, 3.8) is 0 Å². The van der Waals surface area contributed by atoms with Gasteiger partial charge in [-0.15, -0.1) is 0 Å². The molecule has 38 heavy (non-hydrogen) atoms. The van der Waals surface area contributed by atoms with Crippen LogP contribution in [0.3, 0.4) is 0 Å². The van der Waals surface area contributed by atoms with Crippen LogP contribution in [-0.2, 0) is 38.1 Å². The van der Waals surface area contributed by atoms with Gasteiger partial charge in [-0.05, 0) is 39.5 Å². The molecule has 0 radical (unpaired) electrons. The highest BCUT2D eigenvalue weighted by Gasteiger charge is 2.59. The molecule has 0 heterocycles. The van der Waals surface area contributed by atoms with Gasteiger partial charge in [0.2, 0.25) is 0 Å². The number of esters is 4. The Hall–Kier alpha value is -2.61. The summed E-state index contributed by atoms with van der Waals surface area (Å²) in [6.07, 6.45) is -6.66. The third-order valence-corrected chi connectivity index (χ3v) is 6.06. The normalized spacial score (nSPS) is 20.9. The van der Waals surface area contributed by atoms with Crippen molar-refractivity contribution in [2.75, 3.05) is 26.4 Å². The number of carbonyl (C=O) groups excluding carboxylic acids is 4. The van der Waals surface area contributed by atoms with E-state index < -0.39 is 97.7 Å². The molecule has 0 bridgehead atoms. The fourth-order valence-electron chi connectivity index (χ4n) is 3.32. The van der Waals surface area contributed by atoms with Gasteiger partial charge in [0.15, 0.2) is 13.2 Å². The molecule has 0 aromatic rings. The molecule has 0 aliphatic heterocycles. The molecule has 1 fully saturated rings. The lowest BCUT2D eigenvalue weighted by Crippen LogP contribution is -2.44. The van der Waals surface area contributed by atoms with Crippen molar-refractivity contribution in [3.05, 3.63) is 0 Å². The van der Waals surface area contributed by atoms with Gasteiger partial charge in [-0.1, -0.05) is 6.92 Å². The van der Waals surface area contributed by atoms with E-state index in [-0.39, 0.29) is 13.0 Å². The summed E-state index contributed by atoms with van der Waals surface area (Å²) >= 11 is 0. The molecule has 3 atom stereocenters. The number of ether oxygens (including phenoxy) is 4. The molecule has 1 aliphatic carbocycles. The average Bonchev–Trinajstić information content (AvgIpc) is 2.81. The third-order valence-electron chi connectivity index (χ3n) is 6.06. The second-order valence-electron chi connectivity index (χ2n) is 9.75. The predicted octanol–water partition coefficient (Wildman–Crippen LogP) is 4.48. The van der Waals surface area contributed by atoms with Crippen LogP contribution in [0, 0.1) is 23.2 Å². The SMILES string of the molecule is CCC(C)(C)C(=O)OCCOC(=O)C1CC(C(=O)OCC(C)(F)F)CCC1C(=O)OCC(F)(F)C(F)(F)F. The number of hydrogen-bond acceptors (Lipinski definition) is 8. The van der Waals surface area contributed by atoms with E-state index >= 15 is 0 Å². The third kappa shape index (κ3) is 9.93. The molecule has 1 rings (SSSR count). The molecule has 0 N–H and O–H groups in total. The Morgan fingerprint density at radius 1 is 0.711 bits per heavy atom. The lowest BCUT2D eigenvalue weighted by molar-refractivity contribution is -0.294. The minimum Gasteiger partial charge on any atom is -0.462 e. The number of carbonyl (C=O) groups is 4. The second-order valence-corrected chi connectivity index (χ2v) is 9.75. The van der Waals surface area contributed by atoms with Crippen LogP contribution in [0.2, 0.25) is 0 Å². The fraction of sp³-hybridized carbons (Fsp3) is 0.826. The van der Waals surface area contributed by atoms with E-state index in [2.05, 4.69) is 9.47 Å². The van der Waals surface area contributed by atoms with Crippen LogP contribution in [0.5, 0.6) is 0 Å². The minimum absolute atomic E-state index is 0.225. The minimum atomic E-state index is -5.99. The van der Waals surface area contributed by atoms with Gasteiger partial charge in [-0.3, -0.25) is 19.2 Å². The van der Waals surface area contributed by atoms with Gasteiger partial charge in [0.25, 0.3) is 5.92 Å². The van der Waals surface area contributed by atoms with Crippen molar-refractivity contribution in [2.45, 2.75) is 71.4 Å². The highest BCUT2D eigenvalue weighted by atomic mass is 19.4. The van der Waals surface area contributed by atoms with Gasteiger partial charge in [0, 0.05) is 6.92 Å². The van der Waals surface area contributed by atoms with Crippen LogP contribution in [0.4, 0.5) is 30.7 Å². The van der Waals surface area contributed by atoms with E-state index in [9.17, 15) is 49.9 Å². The van der Waals surface area contributed by atoms with Crippen LogP contribution < -0.4 is 0 Å².